The molecule has 0 aliphatic carbocycles. The van der Waals surface area contributed by atoms with Gasteiger partial charge in [0.15, 0.2) is 0 Å². The maximum absolute atomic E-state index is 12.8. The summed E-state index contributed by atoms with van der Waals surface area (Å²) in [6, 6.07) is 4.52. The van der Waals surface area contributed by atoms with Crippen molar-refractivity contribution in [2.75, 3.05) is 6.61 Å². The van der Waals surface area contributed by atoms with E-state index >= 15 is 0 Å². The number of benzene rings is 1. The van der Waals surface area contributed by atoms with Crippen LogP contribution in [-0.4, -0.2) is 6.61 Å². The van der Waals surface area contributed by atoms with E-state index in [9.17, 15) is 4.39 Å². The Bertz CT molecular complexity index is 289. The Hall–Kier alpha value is -0.540. The molecule has 3 heteroatoms. The van der Waals surface area contributed by atoms with E-state index in [-0.39, 0.29) is 5.82 Å². The number of unbranched alkanes of at least 4 members (excludes halogenated alkanes) is 1. The van der Waals surface area contributed by atoms with Crippen LogP contribution in [0.25, 0.3) is 0 Å². The molecular weight excluding hydrogens is 199 g/mol. The van der Waals surface area contributed by atoms with Crippen LogP contribution in [-0.2, 0) is 11.3 Å². The lowest BCUT2D eigenvalue weighted by Gasteiger charge is -2.06. The van der Waals surface area contributed by atoms with E-state index in [1.54, 1.807) is 6.07 Å². The van der Waals surface area contributed by atoms with Gasteiger partial charge in [-0.3, -0.25) is 0 Å². The van der Waals surface area contributed by atoms with Crippen LogP contribution in [0.5, 0.6) is 0 Å². The van der Waals surface area contributed by atoms with Gasteiger partial charge in [0.1, 0.15) is 5.82 Å². The van der Waals surface area contributed by atoms with Gasteiger partial charge in [-0.2, -0.15) is 0 Å². The minimum atomic E-state index is -0.239. The van der Waals surface area contributed by atoms with E-state index in [2.05, 4.69) is 19.6 Å². The van der Waals surface area contributed by atoms with Crippen molar-refractivity contribution in [1.82, 2.24) is 0 Å². The molecular formula is C11H15FOS. The first-order chi connectivity index (χ1) is 6.74. The second-order valence-corrected chi connectivity index (χ2v) is 3.66. The maximum atomic E-state index is 12.8. The summed E-state index contributed by atoms with van der Waals surface area (Å²) in [7, 11) is 0. The van der Waals surface area contributed by atoms with Gasteiger partial charge in [0.05, 0.1) is 6.61 Å². The summed E-state index contributed by atoms with van der Waals surface area (Å²) in [6.45, 7) is 3.27. The molecule has 0 aromatic heterocycles. The third-order valence-electron chi connectivity index (χ3n) is 1.94. The summed E-state index contributed by atoms with van der Waals surface area (Å²) in [4.78, 5) is 0.780. The van der Waals surface area contributed by atoms with E-state index < -0.39 is 0 Å². The summed E-state index contributed by atoms with van der Waals surface area (Å²) in [6.07, 6.45) is 2.15. The number of rotatable bonds is 5. The molecule has 0 radical (unpaired) electrons. The average Bonchev–Trinajstić information content (AvgIpc) is 2.18. The fourth-order valence-corrected chi connectivity index (χ4v) is 1.30. The van der Waals surface area contributed by atoms with Crippen LogP contribution in [0.2, 0.25) is 0 Å². The molecule has 1 aromatic carbocycles. The molecule has 0 N–H and O–H groups in total. The van der Waals surface area contributed by atoms with Crippen molar-refractivity contribution in [3.63, 3.8) is 0 Å². The van der Waals surface area contributed by atoms with E-state index in [1.807, 2.05) is 0 Å². The third-order valence-corrected chi connectivity index (χ3v) is 2.38. The largest absolute Gasteiger partial charge is 0.377 e. The standard InChI is InChI=1S/C11H15FOS/c1-2-3-6-13-8-9-7-10(12)4-5-11(9)14/h4-5,7,14H,2-3,6,8H2,1H3. The van der Waals surface area contributed by atoms with E-state index in [0.29, 0.717) is 6.61 Å². The molecule has 0 saturated heterocycles. The molecule has 0 amide bonds. The zero-order valence-electron chi connectivity index (χ0n) is 8.29. The Morgan fingerprint density at radius 3 is 2.93 bits per heavy atom. The number of ether oxygens (including phenoxy) is 1. The molecule has 1 nitrogen and oxygen atoms in total. The predicted octanol–water partition coefficient (Wildman–Crippen LogP) is 3.43. The summed E-state index contributed by atoms with van der Waals surface area (Å²) in [5, 5.41) is 0. The van der Waals surface area contributed by atoms with Gasteiger partial charge in [-0.25, -0.2) is 4.39 Å². The van der Waals surface area contributed by atoms with Crippen molar-refractivity contribution in [2.24, 2.45) is 0 Å². The van der Waals surface area contributed by atoms with Gasteiger partial charge in [0.2, 0.25) is 0 Å². The second kappa shape index (κ2) is 6.04. The Balaban J connectivity index is 2.45. The van der Waals surface area contributed by atoms with E-state index in [4.69, 9.17) is 4.74 Å². The molecule has 0 aliphatic rings. The van der Waals surface area contributed by atoms with Crippen molar-refractivity contribution in [3.8, 4) is 0 Å². The second-order valence-electron chi connectivity index (χ2n) is 3.18. The fourth-order valence-electron chi connectivity index (χ4n) is 1.10. The highest BCUT2D eigenvalue weighted by Crippen LogP contribution is 2.16. The number of hydrogen-bond acceptors (Lipinski definition) is 2. The normalized spacial score (nSPS) is 10.5. The van der Waals surface area contributed by atoms with Crippen LogP contribution in [0.4, 0.5) is 4.39 Å². The Morgan fingerprint density at radius 2 is 2.21 bits per heavy atom. The Labute approximate surface area is 89.7 Å². The molecule has 0 aliphatic heterocycles. The van der Waals surface area contributed by atoms with Gasteiger partial charge >= 0.3 is 0 Å². The average molecular weight is 214 g/mol. The molecule has 0 saturated carbocycles. The van der Waals surface area contributed by atoms with E-state index in [1.165, 1.54) is 12.1 Å². The van der Waals surface area contributed by atoms with Gasteiger partial charge in [-0.15, -0.1) is 12.6 Å². The van der Waals surface area contributed by atoms with Gasteiger partial charge in [0.25, 0.3) is 0 Å². The zero-order valence-corrected chi connectivity index (χ0v) is 9.19. The van der Waals surface area contributed by atoms with Gasteiger partial charge in [-0.1, -0.05) is 13.3 Å². The van der Waals surface area contributed by atoms with Gasteiger partial charge in [0, 0.05) is 11.5 Å². The highest BCUT2D eigenvalue weighted by molar-refractivity contribution is 7.80. The van der Waals surface area contributed by atoms with Crippen LogP contribution in [0.1, 0.15) is 25.3 Å². The van der Waals surface area contributed by atoms with Crippen molar-refractivity contribution in [3.05, 3.63) is 29.6 Å². The lowest BCUT2D eigenvalue weighted by atomic mass is 10.2. The molecule has 0 unspecified atom stereocenters. The highest BCUT2D eigenvalue weighted by Gasteiger charge is 2.00. The monoisotopic (exact) mass is 214 g/mol. The first-order valence-corrected chi connectivity index (χ1v) is 5.24. The molecule has 1 aromatic rings. The lowest BCUT2D eigenvalue weighted by molar-refractivity contribution is 0.116. The predicted molar refractivity (Wildman–Crippen MR) is 58.2 cm³/mol. The van der Waals surface area contributed by atoms with Crippen LogP contribution in [0.3, 0.4) is 0 Å². The molecule has 0 atom stereocenters. The van der Waals surface area contributed by atoms with Crippen LogP contribution >= 0.6 is 12.6 Å². The first kappa shape index (κ1) is 11.5. The quantitative estimate of drug-likeness (QED) is 0.583. The minimum Gasteiger partial charge on any atom is -0.377 e. The van der Waals surface area contributed by atoms with Crippen LogP contribution < -0.4 is 0 Å². The molecule has 0 bridgehead atoms. The lowest BCUT2D eigenvalue weighted by Crippen LogP contribution is -1.96. The van der Waals surface area contributed by atoms with Crippen molar-refractivity contribution in [1.29, 1.82) is 0 Å². The number of hydrogen-bond donors (Lipinski definition) is 1. The SMILES string of the molecule is CCCCOCc1cc(F)ccc1S. The Kier molecular flexibility index (Phi) is 4.98. The summed E-state index contributed by atoms with van der Waals surface area (Å²) < 4.78 is 18.2. The molecule has 78 valence electrons. The smallest absolute Gasteiger partial charge is 0.123 e. The van der Waals surface area contributed by atoms with Crippen LogP contribution in [0, 0.1) is 5.82 Å². The summed E-state index contributed by atoms with van der Waals surface area (Å²) >= 11 is 4.22. The zero-order chi connectivity index (χ0) is 10.4. The third kappa shape index (κ3) is 3.68. The van der Waals surface area contributed by atoms with Crippen LogP contribution in [0.15, 0.2) is 23.1 Å². The van der Waals surface area contributed by atoms with Gasteiger partial charge in [-0.05, 0) is 30.2 Å². The minimum absolute atomic E-state index is 0.239. The number of halogens is 1. The van der Waals surface area contributed by atoms with E-state index in [0.717, 1.165) is 29.9 Å². The number of thiol groups is 1. The fraction of sp³-hybridized carbons (Fsp3) is 0.455. The topological polar surface area (TPSA) is 9.23 Å². The van der Waals surface area contributed by atoms with Crippen molar-refractivity contribution >= 4 is 12.6 Å². The molecule has 0 heterocycles. The molecule has 0 fully saturated rings. The molecule has 14 heavy (non-hydrogen) atoms. The highest BCUT2D eigenvalue weighted by atomic mass is 32.1. The maximum Gasteiger partial charge on any atom is 0.123 e. The summed E-state index contributed by atoms with van der Waals surface area (Å²) in [5.74, 6) is -0.239. The van der Waals surface area contributed by atoms with Gasteiger partial charge < -0.3 is 4.74 Å². The molecule has 1 rings (SSSR count). The first-order valence-electron chi connectivity index (χ1n) is 4.79. The van der Waals surface area contributed by atoms with Crippen molar-refractivity contribution in [2.45, 2.75) is 31.3 Å². The Morgan fingerprint density at radius 1 is 1.43 bits per heavy atom. The molecule has 0 spiro atoms. The van der Waals surface area contributed by atoms with Crippen molar-refractivity contribution < 1.29 is 9.13 Å². The summed E-state index contributed by atoms with van der Waals surface area (Å²) in [5.41, 5.74) is 0.810.